The van der Waals surface area contributed by atoms with E-state index in [2.05, 4.69) is 41.2 Å². The SMILES string of the molecule is CN1CCN(CCOC(=O)Nc2cc(COc3nsnc3N3CCN(C(=O)Nc4cc(C(F)(F)F)cc(C(F)(F)F)c4)CC3)ccn2)CC1. The number of benzene rings is 1. The molecule has 0 aliphatic carbocycles. The smallest absolute Gasteiger partial charge is 0.416 e. The van der Waals surface area contributed by atoms with Crippen LogP contribution in [-0.4, -0.2) is 113 Å². The summed E-state index contributed by atoms with van der Waals surface area (Å²) >= 11 is 0.905. The van der Waals surface area contributed by atoms with Crippen LogP contribution in [0.25, 0.3) is 0 Å². The summed E-state index contributed by atoms with van der Waals surface area (Å²) in [6, 6.07) is 3.38. The first-order valence-electron chi connectivity index (χ1n) is 15.1. The number of hydrogen-bond acceptors (Lipinski definition) is 11. The maximum Gasteiger partial charge on any atom is 0.416 e. The largest absolute Gasteiger partial charge is 0.470 e. The summed E-state index contributed by atoms with van der Waals surface area (Å²) in [7, 11) is 2.07. The Labute approximate surface area is 281 Å². The minimum absolute atomic E-state index is 0.00559. The van der Waals surface area contributed by atoms with E-state index in [1.807, 2.05) is 0 Å². The van der Waals surface area contributed by atoms with E-state index in [-0.39, 0.29) is 57.2 Å². The predicted octanol–water partition coefficient (Wildman–Crippen LogP) is 4.70. The zero-order valence-corrected chi connectivity index (χ0v) is 27.0. The summed E-state index contributed by atoms with van der Waals surface area (Å²) in [4.78, 5) is 36.7. The minimum atomic E-state index is -5.04. The van der Waals surface area contributed by atoms with Gasteiger partial charge in [0, 0.05) is 70.8 Å². The Morgan fingerprint density at radius 2 is 1.55 bits per heavy atom. The van der Waals surface area contributed by atoms with E-state index in [1.165, 1.54) is 11.1 Å². The lowest BCUT2D eigenvalue weighted by atomic mass is 10.1. The molecule has 0 saturated carbocycles. The predicted molar refractivity (Wildman–Crippen MR) is 167 cm³/mol. The molecule has 0 radical (unpaired) electrons. The molecule has 0 unspecified atom stereocenters. The van der Waals surface area contributed by atoms with Crippen LogP contribution in [0, 0.1) is 0 Å². The monoisotopic (exact) mass is 717 g/mol. The van der Waals surface area contributed by atoms with Crippen molar-refractivity contribution in [3.63, 3.8) is 0 Å². The molecule has 3 aromatic rings. The van der Waals surface area contributed by atoms with Gasteiger partial charge >= 0.3 is 24.5 Å². The van der Waals surface area contributed by atoms with Crippen molar-refractivity contribution in [2.75, 3.05) is 88.1 Å². The number of halogens is 6. The second kappa shape index (κ2) is 15.4. The Kier molecular flexibility index (Phi) is 11.3. The molecule has 0 bridgehead atoms. The number of carbonyl (C=O) groups excluding carboxylic acids is 2. The fourth-order valence-corrected chi connectivity index (χ4v) is 5.59. The molecule has 2 aromatic heterocycles. The molecule has 49 heavy (non-hydrogen) atoms. The van der Waals surface area contributed by atoms with Gasteiger partial charge in [0.05, 0.1) is 22.9 Å². The first-order chi connectivity index (χ1) is 23.2. The number of rotatable bonds is 9. The van der Waals surface area contributed by atoms with Crippen molar-refractivity contribution in [2.24, 2.45) is 0 Å². The van der Waals surface area contributed by atoms with E-state index in [0.29, 0.717) is 30.1 Å². The maximum absolute atomic E-state index is 13.2. The number of carbonyl (C=O) groups is 2. The van der Waals surface area contributed by atoms with Crippen LogP contribution in [0.15, 0.2) is 36.5 Å². The summed E-state index contributed by atoms with van der Waals surface area (Å²) in [5.74, 6) is 0.909. The highest BCUT2D eigenvalue weighted by atomic mass is 32.1. The van der Waals surface area contributed by atoms with Crippen molar-refractivity contribution < 1.29 is 45.4 Å². The lowest BCUT2D eigenvalue weighted by Crippen LogP contribution is -2.50. The van der Waals surface area contributed by atoms with Gasteiger partial charge in [0.1, 0.15) is 19.0 Å². The summed E-state index contributed by atoms with van der Waals surface area (Å²) < 4.78 is 98.9. The molecule has 2 fully saturated rings. The van der Waals surface area contributed by atoms with Gasteiger partial charge in [0.25, 0.3) is 5.88 Å². The standard InChI is InChI=1S/C29H33F6N9O4S/c1-41-4-6-42(7-5-41)12-13-47-27(46)38-23-14-19(2-3-36-23)18-48-25-24(39-49-40-25)43-8-10-44(11-9-43)26(45)37-22-16-20(28(30,31)32)15-21(17-22)29(33,34)35/h2-3,14-17H,4-13,18H2,1H3,(H,37,45)(H,36,38,46). The van der Waals surface area contributed by atoms with E-state index in [4.69, 9.17) is 9.47 Å². The van der Waals surface area contributed by atoms with Crippen molar-refractivity contribution in [3.8, 4) is 5.88 Å². The second-order valence-corrected chi connectivity index (χ2v) is 11.9. The zero-order valence-electron chi connectivity index (χ0n) is 26.2. The molecule has 2 aliphatic heterocycles. The number of nitrogens with zero attached hydrogens (tertiary/aromatic N) is 7. The van der Waals surface area contributed by atoms with Gasteiger partial charge in [-0.25, -0.2) is 14.6 Å². The Bertz CT molecular complexity index is 1560. The number of likely N-dealkylation sites (N-methyl/N-ethyl adjacent to an activating group) is 1. The topological polar surface area (TPSA) is 128 Å². The van der Waals surface area contributed by atoms with Gasteiger partial charge in [-0.1, -0.05) is 0 Å². The van der Waals surface area contributed by atoms with Crippen LogP contribution in [0.3, 0.4) is 0 Å². The molecule has 2 aliphatic rings. The highest BCUT2D eigenvalue weighted by Gasteiger charge is 2.37. The normalized spacial score (nSPS) is 16.4. The van der Waals surface area contributed by atoms with Crippen LogP contribution in [-0.2, 0) is 23.7 Å². The molecule has 1 aromatic carbocycles. The van der Waals surface area contributed by atoms with Crippen molar-refractivity contribution in [1.29, 1.82) is 0 Å². The Balaban J connectivity index is 1.09. The van der Waals surface area contributed by atoms with E-state index in [9.17, 15) is 35.9 Å². The molecule has 0 spiro atoms. The number of pyridine rings is 1. The summed E-state index contributed by atoms with van der Waals surface area (Å²) in [5, 5.41) is 4.76. The Morgan fingerprint density at radius 3 is 2.20 bits per heavy atom. The van der Waals surface area contributed by atoms with Crippen LogP contribution in [0.2, 0.25) is 0 Å². The van der Waals surface area contributed by atoms with E-state index in [0.717, 1.165) is 37.9 Å². The average Bonchev–Trinajstić information content (AvgIpc) is 3.53. The van der Waals surface area contributed by atoms with Gasteiger partial charge in [-0.15, -0.1) is 4.37 Å². The second-order valence-electron chi connectivity index (χ2n) is 11.3. The lowest BCUT2D eigenvalue weighted by molar-refractivity contribution is -0.143. The summed E-state index contributed by atoms with van der Waals surface area (Å²) in [6.07, 6.45) is -9.20. The molecule has 0 atom stereocenters. The fraction of sp³-hybridized carbons (Fsp3) is 0.483. The maximum atomic E-state index is 13.2. The molecule has 2 saturated heterocycles. The third-order valence-corrected chi connectivity index (χ3v) is 8.32. The lowest BCUT2D eigenvalue weighted by Gasteiger charge is -2.34. The van der Waals surface area contributed by atoms with Crippen LogP contribution in [0.4, 0.5) is 53.3 Å². The number of alkyl halides is 6. The number of nitrogens with one attached hydrogen (secondary N) is 2. The first kappa shape index (κ1) is 35.9. The summed E-state index contributed by atoms with van der Waals surface area (Å²) in [5.41, 5.74) is -3.01. The van der Waals surface area contributed by atoms with Crippen LogP contribution < -0.4 is 20.3 Å². The number of piperazine rings is 2. The van der Waals surface area contributed by atoms with Crippen LogP contribution in [0.5, 0.6) is 5.88 Å². The Hall–Kier alpha value is -4.43. The Morgan fingerprint density at radius 1 is 0.878 bits per heavy atom. The van der Waals surface area contributed by atoms with E-state index in [1.54, 1.807) is 17.0 Å². The third kappa shape index (κ3) is 10.0. The van der Waals surface area contributed by atoms with Gasteiger partial charge in [0.2, 0.25) is 5.82 Å². The molecule has 20 heteroatoms. The number of amides is 3. The molecular weight excluding hydrogens is 684 g/mol. The van der Waals surface area contributed by atoms with Gasteiger partial charge in [-0.3, -0.25) is 10.2 Å². The number of aromatic nitrogens is 3. The van der Waals surface area contributed by atoms with Crippen molar-refractivity contribution in [3.05, 3.63) is 53.2 Å². The molecule has 5 rings (SSSR count). The van der Waals surface area contributed by atoms with Crippen molar-refractivity contribution in [2.45, 2.75) is 19.0 Å². The number of anilines is 3. The number of urea groups is 1. The van der Waals surface area contributed by atoms with Gasteiger partial charge < -0.3 is 29.5 Å². The van der Waals surface area contributed by atoms with E-state index >= 15 is 0 Å². The fourth-order valence-electron chi connectivity index (χ4n) is 5.07. The molecule has 13 nitrogen and oxygen atoms in total. The molecule has 266 valence electrons. The molecular formula is C29H33F6N9O4S. The van der Waals surface area contributed by atoms with Crippen LogP contribution >= 0.6 is 11.7 Å². The third-order valence-electron chi connectivity index (χ3n) is 7.81. The highest BCUT2D eigenvalue weighted by Crippen LogP contribution is 2.37. The quantitative estimate of drug-likeness (QED) is 0.301. The first-order valence-corrected chi connectivity index (χ1v) is 15.8. The van der Waals surface area contributed by atoms with Crippen molar-refractivity contribution in [1.82, 2.24) is 28.4 Å². The highest BCUT2D eigenvalue weighted by molar-refractivity contribution is 6.99. The number of hydrogen-bond donors (Lipinski definition) is 2. The van der Waals surface area contributed by atoms with Gasteiger partial charge in [-0.05, 0) is 42.9 Å². The van der Waals surface area contributed by atoms with Crippen LogP contribution in [0.1, 0.15) is 16.7 Å². The molecule has 2 N–H and O–H groups in total. The molecule has 3 amide bonds. The van der Waals surface area contributed by atoms with Gasteiger partial charge in [0.15, 0.2) is 0 Å². The summed E-state index contributed by atoms with van der Waals surface area (Å²) in [6.45, 7) is 5.39. The molecule has 4 heterocycles. The van der Waals surface area contributed by atoms with Crippen molar-refractivity contribution >= 4 is 41.2 Å². The minimum Gasteiger partial charge on any atom is -0.470 e. The number of ether oxygens (including phenoxy) is 2. The average molecular weight is 718 g/mol. The zero-order chi connectivity index (χ0) is 35.2. The van der Waals surface area contributed by atoms with Gasteiger partial charge in [-0.2, -0.15) is 30.7 Å². The van der Waals surface area contributed by atoms with E-state index < -0.39 is 41.3 Å².